The summed E-state index contributed by atoms with van der Waals surface area (Å²) in [6.45, 7) is 6.69. The molecule has 0 aromatic rings. The Balaban J connectivity index is 1.86. The quantitative estimate of drug-likeness (QED) is 0.468. The molecule has 0 bridgehead atoms. The highest BCUT2D eigenvalue weighted by Crippen LogP contribution is 2.19. The fraction of sp³-hybridized carbons (Fsp3) is 0.565. The predicted octanol–water partition coefficient (Wildman–Crippen LogP) is 1.90. The maximum Gasteiger partial charge on any atom is 0.289 e. The largest absolute Gasteiger partial charge is 0.350 e. The molecule has 1 aliphatic carbocycles. The molecule has 2 rings (SSSR count). The van der Waals surface area contributed by atoms with Crippen LogP contribution in [0.3, 0.4) is 0 Å². The highest BCUT2D eigenvalue weighted by Gasteiger charge is 2.33. The molecule has 0 radical (unpaired) electrons. The first-order chi connectivity index (χ1) is 14.3. The third-order valence-electron chi connectivity index (χ3n) is 5.47. The zero-order chi connectivity index (χ0) is 22.1. The van der Waals surface area contributed by atoms with Gasteiger partial charge in [0.2, 0.25) is 17.6 Å². The fourth-order valence-electron chi connectivity index (χ4n) is 3.60. The van der Waals surface area contributed by atoms with E-state index in [-0.39, 0.29) is 23.7 Å². The van der Waals surface area contributed by atoms with E-state index in [1.54, 1.807) is 31.7 Å². The van der Waals surface area contributed by atoms with Crippen molar-refractivity contribution in [2.24, 2.45) is 11.8 Å². The van der Waals surface area contributed by atoms with Crippen molar-refractivity contribution >= 4 is 23.5 Å². The Morgan fingerprint density at radius 1 is 1.20 bits per heavy atom. The second kappa shape index (κ2) is 11.5. The van der Waals surface area contributed by atoms with Gasteiger partial charge in [-0.15, -0.1) is 0 Å². The van der Waals surface area contributed by atoms with E-state index in [9.17, 15) is 19.2 Å². The number of Topliss-reactive ketones (excluding diaryl/α,β-unsaturated/α-hetero) is 1. The molecule has 1 heterocycles. The van der Waals surface area contributed by atoms with E-state index in [1.165, 1.54) is 0 Å². The molecule has 1 fully saturated rings. The van der Waals surface area contributed by atoms with Gasteiger partial charge >= 0.3 is 0 Å². The molecule has 0 saturated carbocycles. The van der Waals surface area contributed by atoms with Gasteiger partial charge in [-0.1, -0.05) is 38.2 Å². The lowest BCUT2D eigenvalue weighted by Gasteiger charge is -2.32. The minimum Gasteiger partial charge on any atom is -0.350 e. The Labute approximate surface area is 178 Å². The predicted molar refractivity (Wildman–Crippen MR) is 115 cm³/mol. The summed E-state index contributed by atoms with van der Waals surface area (Å²) in [6.07, 6.45) is 12.6. The van der Waals surface area contributed by atoms with Gasteiger partial charge in [0, 0.05) is 31.6 Å². The zero-order valence-electron chi connectivity index (χ0n) is 18.1. The average Bonchev–Trinajstić information content (AvgIpc) is 2.76. The molecule has 1 aliphatic heterocycles. The number of likely N-dealkylation sites (N-methyl/N-ethyl adjacent to an activating group) is 1. The number of nitrogens with zero attached hydrogens (tertiary/aromatic N) is 1. The molecule has 30 heavy (non-hydrogen) atoms. The van der Waals surface area contributed by atoms with Gasteiger partial charge in [-0.25, -0.2) is 0 Å². The summed E-state index contributed by atoms with van der Waals surface area (Å²) in [5, 5.41) is 5.25. The number of likely N-dealkylation sites (tertiary alicyclic amines) is 1. The third-order valence-corrected chi connectivity index (χ3v) is 5.47. The first kappa shape index (κ1) is 23.6. The summed E-state index contributed by atoms with van der Waals surface area (Å²) in [4.78, 5) is 51.1. The van der Waals surface area contributed by atoms with Gasteiger partial charge in [0.1, 0.15) is 0 Å². The molecule has 1 unspecified atom stereocenters. The van der Waals surface area contributed by atoms with Crippen molar-refractivity contribution in [3.8, 4) is 0 Å². The molecular formula is C23H33N3O4. The second-order valence-corrected chi connectivity index (χ2v) is 8.10. The van der Waals surface area contributed by atoms with E-state index < -0.39 is 17.7 Å². The molecule has 164 valence electrons. The zero-order valence-corrected chi connectivity index (χ0v) is 18.1. The minimum atomic E-state index is -0.843. The Hall–Kier alpha value is -2.70. The lowest BCUT2D eigenvalue weighted by atomic mass is 9.93. The maximum atomic E-state index is 12.7. The summed E-state index contributed by atoms with van der Waals surface area (Å²) < 4.78 is 0. The van der Waals surface area contributed by atoms with Crippen molar-refractivity contribution in [2.45, 2.75) is 52.5 Å². The molecule has 0 spiro atoms. The number of rotatable bonds is 8. The van der Waals surface area contributed by atoms with Crippen LogP contribution in [0.5, 0.6) is 0 Å². The van der Waals surface area contributed by atoms with Crippen LogP contribution in [0.15, 0.2) is 36.0 Å². The lowest BCUT2D eigenvalue weighted by molar-refractivity contribution is -0.141. The number of hydrogen-bond donors (Lipinski definition) is 2. The van der Waals surface area contributed by atoms with E-state index in [1.807, 2.05) is 18.2 Å². The number of allylic oxidation sites excluding steroid dienone is 5. The number of piperidine rings is 1. The van der Waals surface area contributed by atoms with Crippen molar-refractivity contribution in [1.82, 2.24) is 15.5 Å². The van der Waals surface area contributed by atoms with Crippen LogP contribution in [0, 0.1) is 11.8 Å². The number of amides is 3. The van der Waals surface area contributed by atoms with Gasteiger partial charge in [-0.05, 0) is 44.1 Å². The van der Waals surface area contributed by atoms with Gasteiger partial charge in [-0.3, -0.25) is 19.2 Å². The number of carbonyl (C=O) groups excluding carboxylic acids is 4. The topological polar surface area (TPSA) is 95.6 Å². The van der Waals surface area contributed by atoms with Crippen LogP contribution < -0.4 is 10.6 Å². The molecule has 1 atom stereocenters. The summed E-state index contributed by atoms with van der Waals surface area (Å²) in [6, 6.07) is -0.843. The minimum absolute atomic E-state index is 0.0456. The summed E-state index contributed by atoms with van der Waals surface area (Å²) in [7, 11) is 0. The van der Waals surface area contributed by atoms with Crippen LogP contribution in [0.25, 0.3) is 0 Å². The normalized spacial score (nSPS) is 18.3. The summed E-state index contributed by atoms with van der Waals surface area (Å²) >= 11 is 0. The van der Waals surface area contributed by atoms with Gasteiger partial charge in [0.15, 0.2) is 0 Å². The van der Waals surface area contributed by atoms with Crippen molar-refractivity contribution < 1.29 is 19.2 Å². The molecule has 0 aromatic carbocycles. The maximum absolute atomic E-state index is 12.7. The van der Waals surface area contributed by atoms with Gasteiger partial charge in [0.05, 0.1) is 6.04 Å². The monoisotopic (exact) mass is 415 g/mol. The van der Waals surface area contributed by atoms with Crippen molar-refractivity contribution in [2.75, 3.05) is 19.6 Å². The SMILES string of the molecule is CCNC(=O)C(=O)C(NC(=O)C1CCN(C(=O)/C=C/C2=CC=CCC2)CC1)C(C)C. The highest BCUT2D eigenvalue weighted by atomic mass is 16.2. The summed E-state index contributed by atoms with van der Waals surface area (Å²) in [5.41, 5.74) is 1.14. The van der Waals surface area contributed by atoms with Gasteiger partial charge in [0.25, 0.3) is 5.91 Å². The Kier molecular flexibility index (Phi) is 9.02. The van der Waals surface area contributed by atoms with E-state index >= 15 is 0 Å². The second-order valence-electron chi connectivity index (χ2n) is 8.10. The third kappa shape index (κ3) is 6.68. The van der Waals surface area contributed by atoms with E-state index in [2.05, 4.69) is 16.7 Å². The van der Waals surface area contributed by atoms with Crippen molar-refractivity contribution in [3.63, 3.8) is 0 Å². The smallest absolute Gasteiger partial charge is 0.289 e. The van der Waals surface area contributed by atoms with Crippen LogP contribution in [0.2, 0.25) is 0 Å². The van der Waals surface area contributed by atoms with Crippen LogP contribution in [0.1, 0.15) is 46.5 Å². The Morgan fingerprint density at radius 3 is 2.47 bits per heavy atom. The van der Waals surface area contributed by atoms with Crippen LogP contribution in [0.4, 0.5) is 0 Å². The van der Waals surface area contributed by atoms with E-state index in [0.29, 0.717) is 32.5 Å². The van der Waals surface area contributed by atoms with Crippen molar-refractivity contribution in [3.05, 3.63) is 36.0 Å². The molecule has 1 saturated heterocycles. The van der Waals surface area contributed by atoms with Gasteiger partial charge < -0.3 is 15.5 Å². The lowest BCUT2D eigenvalue weighted by Crippen LogP contribution is -2.52. The van der Waals surface area contributed by atoms with E-state index in [0.717, 1.165) is 18.4 Å². The molecule has 7 heteroatoms. The highest BCUT2D eigenvalue weighted by molar-refractivity contribution is 6.38. The average molecular weight is 416 g/mol. The molecule has 2 aliphatic rings. The number of carbonyl (C=O) groups is 4. The number of hydrogen-bond acceptors (Lipinski definition) is 4. The summed E-state index contributed by atoms with van der Waals surface area (Å²) in [5.74, 6) is -2.03. The first-order valence-corrected chi connectivity index (χ1v) is 10.8. The standard InChI is InChI=1S/C23H33N3O4/c1-4-24-23(30)21(28)20(16(2)3)25-22(29)18-12-14-26(15-13-18)19(27)11-10-17-8-6-5-7-9-17/h5-6,8,10-11,16,18,20H,4,7,9,12-15H2,1-3H3,(H,24,30)(H,25,29)/b11-10+. The molecular weight excluding hydrogens is 382 g/mol. The number of ketones is 1. The van der Waals surface area contributed by atoms with Crippen LogP contribution in [-0.2, 0) is 19.2 Å². The van der Waals surface area contributed by atoms with Gasteiger partial charge in [-0.2, -0.15) is 0 Å². The Morgan fingerprint density at radius 2 is 1.90 bits per heavy atom. The first-order valence-electron chi connectivity index (χ1n) is 10.8. The Bertz CT molecular complexity index is 744. The van der Waals surface area contributed by atoms with Crippen molar-refractivity contribution in [1.29, 1.82) is 0 Å². The van der Waals surface area contributed by atoms with Crippen LogP contribution >= 0.6 is 0 Å². The van der Waals surface area contributed by atoms with Crippen LogP contribution in [-0.4, -0.2) is 54.1 Å². The van der Waals surface area contributed by atoms with E-state index in [4.69, 9.17) is 0 Å². The number of nitrogens with one attached hydrogen (secondary N) is 2. The molecule has 2 N–H and O–H groups in total. The molecule has 0 aromatic heterocycles. The molecule has 7 nitrogen and oxygen atoms in total. The fourth-order valence-corrected chi connectivity index (χ4v) is 3.60. The molecule has 3 amide bonds.